The molecule has 1 aliphatic rings. The number of carbonyl (C=O) groups is 1. The third-order valence-electron chi connectivity index (χ3n) is 3.34. The van der Waals surface area contributed by atoms with Crippen molar-refractivity contribution in [2.24, 2.45) is 0 Å². The molecule has 0 spiro atoms. The predicted octanol–water partition coefficient (Wildman–Crippen LogP) is 3.85. The molecule has 1 aromatic carbocycles. The summed E-state index contributed by atoms with van der Waals surface area (Å²) in [7, 11) is 1.61. The first-order chi connectivity index (χ1) is 11.5. The Labute approximate surface area is 153 Å². The highest BCUT2D eigenvalue weighted by molar-refractivity contribution is 7.80. The molecule has 1 saturated heterocycles. The van der Waals surface area contributed by atoms with Crippen LogP contribution in [0.25, 0.3) is 6.08 Å². The second kappa shape index (κ2) is 6.84. The summed E-state index contributed by atoms with van der Waals surface area (Å²) in [6.07, 6.45) is 1.59. The Bertz CT molecular complexity index is 848. The average Bonchev–Trinajstić information content (AvgIpc) is 3.10. The molecule has 1 amide bonds. The average molecular weight is 383 g/mol. The molecule has 5 nitrogen and oxygen atoms in total. The van der Waals surface area contributed by atoms with Crippen LogP contribution < -0.4 is 10.1 Å². The lowest BCUT2D eigenvalue weighted by molar-refractivity contribution is -0.121. The molecule has 24 heavy (non-hydrogen) atoms. The van der Waals surface area contributed by atoms with Crippen LogP contribution in [-0.4, -0.2) is 23.0 Å². The number of ether oxygens (including phenoxy) is 1. The first-order valence-corrected chi connectivity index (χ1v) is 8.08. The maximum Gasteiger partial charge on any atom is 0.276 e. The second-order valence-corrected chi connectivity index (χ2v) is 6.17. The highest BCUT2D eigenvalue weighted by atomic mass is 35.5. The fraction of sp³-hybridized carbons (Fsp3) is 0.125. The molecule has 1 aromatic heterocycles. The summed E-state index contributed by atoms with van der Waals surface area (Å²) in [5.41, 5.74) is 0.363. The van der Waals surface area contributed by atoms with Crippen LogP contribution in [0.5, 0.6) is 5.75 Å². The molecule has 2 aromatic rings. The van der Waals surface area contributed by atoms with E-state index in [2.05, 4.69) is 5.32 Å². The van der Waals surface area contributed by atoms with E-state index in [0.717, 1.165) is 0 Å². The summed E-state index contributed by atoms with van der Waals surface area (Å²) < 4.78 is 11.2. The van der Waals surface area contributed by atoms with Crippen molar-refractivity contribution in [3.05, 3.63) is 57.6 Å². The van der Waals surface area contributed by atoms with Crippen molar-refractivity contribution < 1.29 is 13.9 Å². The highest BCUT2D eigenvalue weighted by Crippen LogP contribution is 2.32. The van der Waals surface area contributed by atoms with Crippen molar-refractivity contribution in [3.63, 3.8) is 0 Å². The van der Waals surface area contributed by atoms with Gasteiger partial charge in [0.2, 0.25) is 0 Å². The molecular weight excluding hydrogens is 371 g/mol. The van der Waals surface area contributed by atoms with Gasteiger partial charge in [0, 0.05) is 13.1 Å². The molecule has 1 N–H and O–H groups in total. The van der Waals surface area contributed by atoms with Crippen molar-refractivity contribution in [2.75, 3.05) is 7.05 Å². The van der Waals surface area contributed by atoms with E-state index in [9.17, 15) is 4.79 Å². The van der Waals surface area contributed by atoms with Gasteiger partial charge in [0.05, 0.1) is 5.02 Å². The van der Waals surface area contributed by atoms with Crippen LogP contribution in [0.2, 0.25) is 10.0 Å². The van der Waals surface area contributed by atoms with E-state index in [1.165, 1.54) is 4.90 Å². The summed E-state index contributed by atoms with van der Waals surface area (Å²) >= 11 is 17.0. The quantitative estimate of drug-likeness (QED) is 0.642. The van der Waals surface area contributed by atoms with Gasteiger partial charge in [0.25, 0.3) is 5.91 Å². The first-order valence-electron chi connectivity index (χ1n) is 6.92. The van der Waals surface area contributed by atoms with Gasteiger partial charge in [-0.05, 0) is 36.5 Å². The number of thiocarbonyl (C=S) groups is 1. The molecule has 0 aliphatic carbocycles. The summed E-state index contributed by atoms with van der Waals surface area (Å²) in [4.78, 5) is 13.3. The van der Waals surface area contributed by atoms with Crippen LogP contribution >= 0.6 is 35.4 Å². The Morgan fingerprint density at radius 2 is 2.12 bits per heavy atom. The largest absolute Gasteiger partial charge is 0.484 e. The van der Waals surface area contributed by atoms with Gasteiger partial charge in [0.15, 0.2) is 5.11 Å². The lowest BCUT2D eigenvalue weighted by Gasteiger charge is -2.07. The number of hydrogen-bond donors (Lipinski definition) is 1. The van der Waals surface area contributed by atoms with Crippen LogP contribution in [0, 0.1) is 0 Å². The number of benzene rings is 1. The molecule has 0 unspecified atom stereocenters. The zero-order chi connectivity index (χ0) is 17.3. The smallest absolute Gasteiger partial charge is 0.276 e. The van der Waals surface area contributed by atoms with Crippen molar-refractivity contribution >= 4 is 52.5 Å². The standard InChI is InChI=1S/C16H12Cl2N2O3S/c1-20-15(21)12(19-16(20)24)7-9-5-6-10(23-9)8-22-13-4-2-3-11(17)14(13)18/h2-7H,8H2,1H3,(H,19,24)/b12-7+. The van der Waals surface area contributed by atoms with E-state index < -0.39 is 0 Å². The number of nitrogens with zero attached hydrogens (tertiary/aromatic N) is 1. The van der Waals surface area contributed by atoms with Gasteiger partial charge < -0.3 is 14.5 Å². The van der Waals surface area contributed by atoms with Gasteiger partial charge in [-0.15, -0.1) is 0 Å². The van der Waals surface area contributed by atoms with Gasteiger partial charge >= 0.3 is 0 Å². The zero-order valence-corrected chi connectivity index (χ0v) is 14.8. The minimum Gasteiger partial charge on any atom is -0.484 e. The molecule has 0 bridgehead atoms. The Hall–Kier alpha value is -2.02. The fourth-order valence-electron chi connectivity index (χ4n) is 2.06. The number of rotatable bonds is 4. The lowest BCUT2D eigenvalue weighted by atomic mass is 10.3. The predicted molar refractivity (Wildman–Crippen MR) is 96.0 cm³/mol. The second-order valence-electron chi connectivity index (χ2n) is 5.00. The van der Waals surface area contributed by atoms with E-state index >= 15 is 0 Å². The number of furan rings is 1. The number of hydrogen-bond acceptors (Lipinski definition) is 4. The van der Waals surface area contributed by atoms with Gasteiger partial charge in [-0.3, -0.25) is 9.69 Å². The van der Waals surface area contributed by atoms with E-state index in [4.69, 9.17) is 44.6 Å². The third-order valence-corrected chi connectivity index (χ3v) is 4.51. The number of halogens is 2. The van der Waals surface area contributed by atoms with Crippen LogP contribution in [0.1, 0.15) is 11.5 Å². The molecule has 0 saturated carbocycles. The summed E-state index contributed by atoms with van der Waals surface area (Å²) in [5, 5.41) is 3.96. The van der Waals surface area contributed by atoms with Crippen LogP contribution in [0.4, 0.5) is 0 Å². The maximum absolute atomic E-state index is 11.9. The van der Waals surface area contributed by atoms with E-state index in [1.54, 1.807) is 43.5 Å². The van der Waals surface area contributed by atoms with Gasteiger partial charge in [-0.25, -0.2) is 0 Å². The van der Waals surface area contributed by atoms with Gasteiger partial charge in [-0.2, -0.15) is 0 Å². The highest BCUT2D eigenvalue weighted by Gasteiger charge is 2.27. The molecule has 0 atom stereocenters. The normalized spacial score (nSPS) is 16.0. The van der Waals surface area contributed by atoms with Gasteiger partial charge in [-0.1, -0.05) is 29.3 Å². The Kier molecular flexibility index (Phi) is 4.80. The maximum atomic E-state index is 11.9. The van der Waals surface area contributed by atoms with Crippen molar-refractivity contribution in [2.45, 2.75) is 6.61 Å². The van der Waals surface area contributed by atoms with E-state index in [-0.39, 0.29) is 12.5 Å². The molecule has 1 fully saturated rings. The summed E-state index contributed by atoms with van der Waals surface area (Å²) in [6.45, 7) is 0.183. The molecule has 8 heteroatoms. The van der Waals surface area contributed by atoms with Crippen molar-refractivity contribution in [1.29, 1.82) is 0 Å². The molecule has 2 heterocycles. The Balaban J connectivity index is 1.69. The number of nitrogens with one attached hydrogen (secondary N) is 1. The minimum absolute atomic E-state index is 0.183. The van der Waals surface area contributed by atoms with Crippen LogP contribution in [0.15, 0.2) is 40.4 Å². The van der Waals surface area contributed by atoms with Gasteiger partial charge in [0.1, 0.15) is 34.6 Å². The number of likely N-dealkylation sites (N-methyl/N-ethyl adjacent to an activating group) is 1. The number of amides is 1. The van der Waals surface area contributed by atoms with Crippen molar-refractivity contribution in [3.8, 4) is 5.75 Å². The van der Waals surface area contributed by atoms with E-state index in [1.807, 2.05) is 0 Å². The SMILES string of the molecule is CN1C(=O)/C(=C\c2ccc(COc3cccc(Cl)c3Cl)o2)NC1=S. The Morgan fingerprint density at radius 3 is 2.83 bits per heavy atom. The minimum atomic E-state index is -0.208. The van der Waals surface area contributed by atoms with Crippen LogP contribution in [0.3, 0.4) is 0 Å². The zero-order valence-electron chi connectivity index (χ0n) is 12.5. The monoisotopic (exact) mass is 382 g/mol. The fourth-order valence-corrected chi connectivity index (χ4v) is 2.60. The molecule has 0 radical (unpaired) electrons. The van der Waals surface area contributed by atoms with E-state index in [0.29, 0.717) is 38.1 Å². The lowest BCUT2D eigenvalue weighted by Crippen LogP contribution is -2.25. The van der Waals surface area contributed by atoms with Crippen molar-refractivity contribution in [1.82, 2.24) is 10.2 Å². The summed E-state index contributed by atoms with van der Waals surface area (Å²) in [5.74, 6) is 1.36. The Morgan fingerprint density at radius 1 is 1.33 bits per heavy atom. The molecule has 124 valence electrons. The van der Waals surface area contributed by atoms with Crippen LogP contribution in [-0.2, 0) is 11.4 Å². The first kappa shape index (κ1) is 16.8. The third kappa shape index (κ3) is 3.40. The molecule has 1 aliphatic heterocycles. The molecule has 3 rings (SSSR count). The number of carbonyl (C=O) groups excluding carboxylic acids is 1. The summed E-state index contributed by atoms with van der Waals surface area (Å²) in [6, 6.07) is 8.64. The topological polar surface area (TPSA) is 54.7 Å². The molecular formula is C16H12Cl2N2O3S.